The molecular formula is C26H35N7O3S. The third-order valence-electron chi connectivity index (χ3n) is 5.58. The SMILES string of the molecule is Cn1nnnc1SC[C@@H](N)C(=O)N[C@@H](Cc1ccccc1)[C@H](O)Cc1ccccc1C(=O)NC(C)(C)C. The van der Waals surface area contributed by atoms with Crippen LogP contribution in [0.3, 0.4) is 0 Å². The summed E-state index contributed by atoms with van der Waals surface area (Å²) in [6.45, 7) is 5.74. The summed E-state index contributed by atoms with van der Waals surface area (Å²) in [6, 6.07) is 15.3. The second kappa shape index (κ2) is 12.8. The first-order valence-electron chi connectivity index (χ1n) is 12.1. The van der Waals surface area contributed by atoms with E-state index in [1.165, 1.54) is 16.4 Å². The number of carbonyl (C=O) groups is 2. The van der Waals surface area contributed by atoms with Crippen molar-refractivity contribution in [2.24, 2.45) is 12.8 Å². The molecule has 3 rings (SSSR count). The summed E-state index contributed by atoms with van der Waals surface area (Å²) in [5, 5.41) is 29.0. The molecule has 0 aliphatic heterocycles. The van der Waals surface area contributed by atoms with E-state index in [0.29, 0.717) is 22.7 Å². The molecule has 11 heteroatoms. The lowest BCUT2D eigenvalue weighted by atomic mass is 9.93. The molecule has 0 bridgehead atoms. The average Bonchev–Trinajstić information content (AvgIpc) is 3.26. The first-order chi connectivity index (χ1) is 17.5. The fourth-order valence-corrected chi connectivity index (χ4v) is 4.52. The van der Waals surface area contributed by atoms with Gasteiger partial charge in [0.1, 0.15) is 0 Å². The average molecular weight is 526 g/mol. The molecule has 0 unspecified atom stereocenters. The molecule has 2 aromatic carbocycles. The predicted molar refractivity (Wildman–Crippen MR) is 143 cm³/mol. The molecule has 0 aliphatic rings. The van der Waals surface area contributed by atoms with Gasteiger partial charge in [-0.3, -0.25) is 9.59 Å². The summed E-state index contributed by atoms with van der Waals surface area (Å²) in [5.41, 5.74) is 7.90. The molecule has 0 saturated heterocycles. The highest BCUT2D eigenvalue weighted by Crippen LogP contribution is 2.17. The van der Waals surface area contributed by atoms with Gasteiger partial charge in [-0.2, -0.15) is 0 Å². The van der Waals surface area contributed by atoms with E-state index in [1.54, 1.807) is 19.2 Å². The quantitative estimate of drug-likeness (QED) is 0.275. The largest absolute Gasteiger partial charge is 0.391 e. The summed E-state index contributed by atoms with van der Waals surface area (Å²) in [6.07, 6.45) is -0.382. The van der Waals surface area contributed by atoms with Gasteiger partial charge >= 0.3 is 0 Å². The van der Waals surface area contributed by atoms with Crippen LogP contribution in [0.25, 0.3) is 0 Å². The molecule has 1 heterocycles. The van der Waals surface area contributed by atoms with E-state index in [9.17, 15) is 14.7 Å². The Morgan fingerprint density at radius 1 is 1.08 bits per heavy atom. The summed E-state index contributed by atoms with van der Waals surface area (Å²) in [7, 11) is 1.71. The predicted octanol–water partition coefficient (Wildman–Crippen LogP) is 1.49. The van der Waals surface area contributed by atoms with Crippen molar-refractivity contribution in [1.82, 2.24) is 30.8 Å². The number of nitrogens with two attached hydrogens (primary N) is 1. The molecule has 5 N–H and O–H groups in total. The number of tetrazole rings is 1. The van der Waals surface area contributed by atoms with Crippen molar-refractivity contribution >= 4 is 23.6 Å². The number of amides is 2. The van der Waals surface area contributed by atoms with Crippen molar-refractivity contribution in [2.75, 3.05) is 5.75 Å². The van der Waals surface area contributed by atoms with Gasteiger partial charge < -0.3 is 21.5 Å². The van der Waals surface area contributed by atoms with Crippen molar-refractivity contribution < 1.29 is 14.7 Å². The molecule has 198 valence electrons. The molecule has 10 nitrogen and oxygen atoms in total. The van der Waals surface area contributed by atoms with Crippen molar-refractivity contribution in [3.8, 4) is 0 Å². The molecular weight excluding hydrogens is 490 g/mol. The van der Waals surface area contributed by atoms with E-state index in [0.717, 1.165) is 5.56 Å². The third-order valence-corrected chi connectivity index (χ3v) is 6.71. The fraction of sp³-hybridized carbons (Fsp3) is 0.423. The summed E-state index contributed by atoms with van der Waals surface area (Å²) < 4.78 is 1.50. The second-order valence-electron chi connectivity index (χ2n) is 9.94. The minimum absolute atomic E-state index is 0.181. The molecule has 3 atom stereocenters. The monoisotopic (exact) mass is 525 g/mol. The minimum Gasteiger partial charge on any atom is -0.391 e. The Kier molecular flexibility index (Phi) is 9.79. The normalized spacial score (nSPS) is 14.0. The van der Waals surface area contributed by atoms with Gasteiger partial charge in [0.25, 0.3) is 5.91 Å². The van der Waals surface area contributed by atoms with Crippen LogP contribution in [0.4, 0.5) is 0 Å². The highest BCUT2D eigenvalue weighted by molar-refractivity contribution is 7.99. The van der Waals surface area contributed by atoms with Crippen molar-refractivity contribution in [3.63, 3.8) is 0 Å². The van der Waals surface area contributed by atoms with Gasteiger partial charge in [0.05, 0.1) is 18.2 Å². The van der Waals surface area contributed by atoms with Crippen LogP contribution in [0, 0.1) is 0 Å². The Morgan fingerprint density at radius 2 is 1.76 bits per heavy atom. The number of benzene rings is 2. The highest BCUT2D eigenvalue weighted by atomic mass is 32.2. The van der Waals surface area contributed by atoms with Gasteiger partial charge in [-0.05, 0) is 54.8 Å². The number of aliphatic hydroxyl groups excluding tert-OH is 1. The molecule has 0 fully saturated rings. The number of aromatic nitrogens is 4. The number of aryl methyl sites for hydroxylation is 1. The van der Waals surface area contributed by atoms with Crippen LogP contribution >= 0.6 is 11.8 Å². The number of rotatable bonds is 11. The molecule has 0 saturated carbocycles. The van der Waals surface area contributed by atoms with Crippen molar-refractivity contribution in [3.05, 3.63) is 71.3 Å². The Hall–Kier alpha value is -3.28. The number of hydrogen-bond acceptors (Lipinski definition) is 8. The van der Waals surface area contributed by atoms with Gasteiger partial charge in [0, 0.05) is 30.3 Å². The molecule has 0 radical (unpaired) electrons. The third kappa shape index (κ3) is 8.66. The molecule has 37 heavy (non-hydrogen) atoms. The number of carbonyl (C=O) groups excluding carboxylic acids is 2. The number of hydrogen-bond donors (Lipinski definition) is 4. The lowest BCUT2D eigenvalue weighted by Gasteiger charge is -2.27. The zero-order valence-electron chi connectivity index (χ0n) is 21.6. The lowest BCUT2D eigenvalue weighted by Crippen LogP contribution is -2.52. The van der Waals surface area contributed by atoms with Gasteiger partial charge in [0.15, 0.2) is 0 Å². The standard InChI is InChI=1S/C26H35N7O3S/c1-26(2,3)29-23(35)19-13-9-8-12-18(19)15-22(34)21(14-17-10-6-5-7-11-17)28-24(36)20(27)16-37-25-30-31-32-33(25)4/h5-13,20-22,34H,14-16,27H2,1-4H3,(H,28,36)(H,29,35)/t20-,21+,22-/m1/s1. The van der Waals surface area contributed by atoms with Crippen LogP contribution < -0.4 is 16.4 Å². The second-order valence-corrected chi connectivity index (χ2v) is 10.9. The smallest absolute Gasteiger partial charge is 0.251 e. The molecule has 0 aliphatic carbocycles. The Labute approximate surface area is 221 Å². The summed E-state index contributed by atoms with van der Waals surface area (Å²) in [4.78, 5) is 25.9. The van der Waals surface area contributed by atoms with E-state index in [1.807, 2.05) is 63.2 Å². The van der Waals surface area contributed by atoms with E-state index < -0.39 is 23.7 Å². The fourth-order valence-electron chi connectivity index (χ4n) is 3.72. The Bertz CT molecular complexity index is 1180. The zero-order valence-corrected chi connectivity index (χ0v) is 22.4. The minimum atomic E-state index is -0.962. The number of aliphatic hydroxyl groups is 1. The maximum Gasteiger partial charge on any atom is 0.251 e. The molecule has 3 aromatic rings. The van der Waals surface area contributed by atoms with Crippen LogP contribution in [0.15, 0.2) is 59.8 Å². The van der Waals surface area contributed by atoms with Gasteiger partial charge in [0.2, 0.25) is 11.1 Å². The van der Waals surface area contributed by atoms with Crippen LogP contribution in [0.2, 0.25) is 0 Å². The number of nitrogens with one attached hydrogen (secondary N) is 2. The molecule has 0 spiro atoms. The van der Waals surface area contributed by atoms with Crippen LogP contribution in [-0.4, -0.2) is 66.6 Å². The van der Waals surface area contributed by atoms with E-state index >= 15 is 0 Å². The Balaban J connectivity index is 1.74. The van der Waals surface area contributed by atoms with Gasteiger partial charge in [-0.25, -0.2) is 4.68 Å². The van der Waals surface area contributed by atoms with Crippen LogP contribution in [0.1, 0.15) is 42.3 Å². The highest BCUT2D eigenvalue weighted by Gasteiger charge is 2.27. The molecule has 2 amide bonds. The molecule has 1 aromatic heterocycles. The summed E-state index contributed by atoms with van der Waals surface area (Å²) in [5.74, 6) is -0.332. The van der Waals surface area contributed by atoms with Crippen molar-refractivity contribution in [1.29, 1.82) is 0 Å². The van der Waals surface area contributed by atoms with E-state index in [2.05, 4.69) is 26.2 Å². The topological polar surface area (TPSA) is 148 Å². The van der Waals surface area contributed by atoms with Gasteiger partial charge in [-0.15, -0.1) is 5.10 Å². The number of thioether (sulfide) groups is 1. The lowest BCUT2D eigenvalue weighted by molar-refractivity contribution is -0.123. The van der Waals surface area contributed by atoms with E-state index in [-0.39, 0.29) is 24.0 Å². The van der Waals surface area contributed by atoms with Crippen LogP contribution in [-0.2, 0) is 24.7 Å². The van der Waals surface area contributed by atoms with Crippen molar-refractivity contribution in [2.45, 2.75) is 62.5 Å². The van der Waals surface area contributed by atoms with Gasteiger partial charge in [-0.1, -0.05) is 60.3 Å². The maximum absolute atomic E-state index is 13.0. The van der Waals surface area contributed by atoms with E-state index in [4.69, 9.17) is 5.73 Å². The first kappa shape index (κ1) is 28.3. The van der Waals surface area contributed by atoms with Crippen LogP contribution in [0.5, 0.6) is 0 Å². The first-order valence-corrected chi connectivity index (χ1v) is 13.1. The number of nitrogens with zero attached hydrogens (tertiary/aromatic N) is 4. The Morgan fingerprint density at radius 3 is 2.41 bits per heavy atom. The zero-order chi connectivity index (χ0) is 27.0. The maximum atomic E-state index is 13.0. The summed E-state index contributed by atoms with van der Waals surface area (Å²) >= 11 is 1.28.